The van der Waals surface area contributed by atoms with Crippen molar-refractivity contribution in [3.63, 3.8) is 0 Å². The van der Waals surface area contributed by atoms with E-state index in [2.05, 4.69) is 26.1 Å². The molecule has 1 aliphatic heterocycles. The van der Waals surface area contributed by atoms with E-state index in [1.807, 2.05) is 0 Å². The van der Waals surface area contributed by atoms with E-state index in [1.165, 1.54) is 0 Å². The third-order valence-corrected chi connectivity index (χ3v) is 4.10. The zero-order valence-electron chi connectivity index (χ0n) is 10.7. The number of rotatable bonds is 4. The average molecular weight is 259 g/mol. The summed E-state index contributed by atoms with van der Waals surface area (Å²) >= 11 is 1.58. The van der Waals surface area contributed by atoms with E-state index >= 15 is 0 Å². The number of carboxylic acid groups (broad SMARTS) is 1. The van der Waals surface area contributed by atoms with Crippen LogP contribution in [0.4, 0.5) is 0 Å². The minimum Gasteiger partial charge on any atom is -0.479 e. The number of carboxylic acids is 1. The first kappa shape index (κ1) is 14.4. The number of amides is 1. The molecule has 0 spiro atoms. The molecule has 5 heteroatoms. The molecule has 1 amide bonds. The van der Waals surface area contributed by atoms with Crippen molar-refractivity contribution in [1.29, 1.82) is 0 Å². The number of carbonyl (C=O) groups is 2. The number of nitrogens with one attached hydrogen (secondary N) is 1. The maximum Gasteiger partial charge on any atom is 0.330 e. The van der Waals surface area contributed by atoms with Gasteiger partial charge in [0.05, 0.1) is 0 Å². The summed E-state index contributed by atoms with van der Waals surface area (Å²) in [5.74, 6) is 0.214. The van der Waals surface area contributed by atoms with Gasteiger partial charge in [-0.2, -0.15) is 11.8 Å². The Labute approximate surface area is 107 Å². The molecule has 0 aromatic carbocycles. The van der Waals surface area contributed by atoms with Crippen LogP contribution >= 0.6 is 11.8 Å². The molecule has 1 aliphatic rings. The highest BCUT2D eigenvalue weighted by Gasteiger charge is 2.43. The second kappa shape index (κ2) is 5.29. The molecule has 0 bridgehead atoms. The fourth-order valence-electron chi connectivity index (χ4n) is 1.70. The number of thioether (sulfide) groups is 1. The van der Waals surface area contributed by atoms with Crippen molar-refractivity contribution in [2.24, 2.45) is 5.41 Å². The summed E-state index contributed by atoms with van der Waals surface area (Å²) in [4.78, 5) is 23.0. The van der Waals surface area contributed by atoms with Crippen LogP contribution in [0.5, 0.6) is 0 Å². The molecule has 1 atom stereocenters. The van der Waals surface area contributed by atoms with Gasteiger partial charge in [0.25, 0.3) is 0 Å². The van der Waals surface area contributed by atoms with E-state index in [1.54, 1.807) is 11.8 Å². The summed E-state index contributed by atoms with van der Waals surface area (Å²) in [6, 6.07) is 0. The Kier molecular flexibility index (Phi) is 4.47. The molecule has 0 radical (unpaired) electrons. The van der Waals surface area contributed by atoms with E-state index < -0.39 is 11.5 Å². The van der Waals surface area contributed by atoms with Gasteiger partial charge in [-0.3, -0.25) is 4.79 Å². The lowest BCUT2D eigenvalue weighted by atomic mass is 9.90. The predicted molar refractivity (Wildman–Crippen MR) is 69.1 cm³/mol. The molecule has 1 heterocycles. The summed E-state index contributed by atoms with van der Waals surface area (Å²) in [5, 5.41) is 11.9. The van der Waals surface area contributed by atoms with E-state index in [4.69, 9.17) is 0 Å². The summed E-state index contributed by atoms with van der Waals surface area (Å²) in [6.45, 7) is 6.20. The summed E-state index contributed by atoms with van der Waals surface area (Å²) in [5.41, 5.74) is -0.933. The molecule has 17 heavy (non-hydrogen) atoms. The number of hydrogen-bond donors (Lipinski definition) is 2. The first-order chi connectivity index (χ1) is 7.75. The zero-order valence-corrected chi connectivity index (χ0v) is 11.5. The lowest BCUT2D eigenvalue weighted by molar-refractivity contribution is -0.146. The van der Waals surface area contributed by atoms with Gasteiger partial charge in [0.2, 0.25) is 5.91 Å². The largest absolute Gasteiger partial charge is 0.479 e. The fraction of sp³-hybridized carbons (Fsp3) is 0.833. The lowest BCUT2D eigenvalue weighted by Crippen LogP contribution is -2.54. The molecule has 0 saturated carbocycles. The van der Waals surface area contributed by atoms with Gasteiger partial charge < -0.3 is 10.4 Å². The highest BCUT2D eigenvalue weighted by atomic mass is 32.2. The van der Waals surface area contributed by atoms with Crippen LogP contribution in [0.2, 0.25) is 0 Å². The van der Waals surface area contributed by atoms with Crippen molar-refractivity contribution < 1.29 is 14.7 Å². The predicted octanol–water partition coefficient (Wildman–Crippen LogP) is 1.89. The van der Waals surface area contributed by atoms with Gasteiger partial charge in [0, 0.05) is 12.2 Å². The van der Waals surface area contributed by atoms with Crippen molar-refractivity contribution in [3.05, 3.63) is 0 Å². The molecule has 0 aromatic heterocycles. The summed E-state index contributed by atoms with van der Waals surface area (Å²) in [7, 11) is 0. The lowest BCUT2D eigenvalue weighted by Gasteiger charge is -2.25. The Bertz CT molecular complexity index is 303. The summed E-state index contributed by atoms with van der Waals surface area (Å²) in [6.07, 6.45) is 1.68. The smallest absolute Gasteiger partial charge is 0.330 e. The van der Waals surface area contributed by atoms with Crippen LogP contribution in [0.3, 0.4) is 0 Å². The minimum absolute atomic E-state index is 0.0954. The zero-order chi connectivity index (χ0) is 13.1. The van der Waals surface area contributed by atoms with E-state index in [-0.39, 0.29) is 11.3 Å². The Morgan fingerprint density at radius 3 is 2.47 bits per heavy atom. The minimum atomic E-state index is -1.03. The molecule has 0 aliphatic carbocycles. The van der Waals surface area contributed by atoms with Gasteiger partial charge in [-0.05, 0) is 24.0 Å². The van der Waals surface area contributed by atoms with Gasteiger partial charge >= 0.3 is 5.97 Å². The number of carbonyl (C=O) groups excluding carboxylic acids is 1. The van der Waals surface area contributed by atoms with Crippen LogP contribution in [0.1, 0.15) is 40.0 Å². The van der Waals surface area contributed by atoms with Crippen LogP contribution in [0.25, 0.3) is 0 Å². The number of hydrogen-bond acceptors (Lipinski definition) is 3. The quantitative estimate of drug-likeness (QED) is 0.809. The van der Waals surface area contributed by atoms with Crippen LogP contribution in [-0.2, 0) is 9.59 Å². The van der Waals surface area contributed by atoms with Crippen LogP contribution < -0.4 is 5.32 Å². The summed E-state index contributed by atoms with van der Waals surface area (Å²) < 4.78 is 0. The van der Waals surface area contributed by atoms with Crippen molar-refractivity contribution in [3.8, 4) is 0 Å². The van der Waals surface area contributed by atoms with Gasteiger partial charge in [-0.15, -0.1) is 0 Å². The third kappa shape index (κ3) is 4.22. The fourth-order valence-corrected chi connectivity index (χ4v) is 3.03. The van der Waals surface area contributed by atoms with Crippen molar-refractivity contribution in [2.75, 3.05) is 11.5 Å². The van der Waals surface area contributed by atoms with Crippen LogP contribution in [0, 0.1) is 5.41 Å². The van der Waals surface area contributed by atoms with Gasteiger partial charge in [0.1, 0.15) is 5.54 Å². The highest BCUT2D eigenvalue weighted by Crippen LogP contribution is 2.29. The van der Waals surface area contributed by atoms with E-state index in [0.29, 0.717) is 18.6 Å². The molecule has 4 nitrogen and oxygen atoms in total. The molecule has 1 saturated heterocycles. The molecule has 2 N–H and O–H groups in total. The number of aliphatic carboxylic acids is 1. The maximum absolute atomic E-state index is 11.8. The second-order valence-corrected chi connectivity index (χ2v) is 6.90. The monoisotopic (exact) mass is 259 g/mol. The van der Waals surface area contributed by atoms with E-state index in [9.17, 15) is 14.7 Å². The average Bonchev–Trinajstić information content (AvgIpc) is 2.63. The molecular formula is C12H21NO3S. The standard InChI is InChI=1S/C12H21NO3S/c1-11(2,3)5-4-9(14)13-12(10(15)16)6-7-17-8-12/h4-8H2,1-3H3,(H,13,14)(H,15,16). The Balaban J connectivity index is 2.51. The third-order valence-electron chi connectivity index (χ3n) is 2.91. The maximum atomic E-state index is 11.8. The van der Waals surface area contributed by atoms with Gasteiger partial charge in [-0.1, -0.05) is 20.8 Å². The SMILES string of the molecule is CC(C)(C)CCC(=O)NC1(C(=O)O)CCSC1. The first-order valence-electron chi connectivity index (χ1n) is 5.87. The van der Waals surface area contributed by atoms with Crippen molar-refractivity contribution in [2.45, 2.75) is 45.6 Å². The van der Waals surface area contributed by atoms with E-state index in [0.717, 1.165) is 12.2 Å². The Morgan fingerprint density at radius 1 is 1.41 bits per heavy atom. The molecule has 1 rings (SSSR count). The molecule has 1 unspecified atom stereocenters. The van der Waals surface area contributed by atoms with Crippen molar-refractivity contribution >= 4 is 23.6 Å². The normalized spacial score (nSPS) is 24.6. The highest BCUT2D eigenvalue weighted by molar-refractivity contribution is 7.99. The van der Waals surface area contributed by atoms with Crippen LogP contribution in [0.15, 0.2) is 0 Å². The van der Waals surface area contributed by atoms with Crippen LogP contribution in [-0.4, -0.2) is 34.0 Å². The Morgan fingerprint density at radius 2 is 2.06 bits per heavy atom. The molecule has 1 fully saturated rings. The van der Waals surface area contributed by atoms with Gasteiger partial charge in [0.15, 0.2) is 0 Å². The Hall–Kier alpha value is -0.710. The molecule has 98 valence electrons. The van der Waals surface area contributed by atoms with Crippen molar-refractivity contribution in [1.82, 2.24) is 5.32 Å². The molecule has 0 aromatic rings. The first-order valence-corrected chi connectivity index (χ1v) is 7.03. The van der Waals surface area contributed by atoms with Gasteiger partial charge in [-0.25, -0.2) is 4.79 Å². The second-order valence-electron chi connectivity index (χ2n) is 5.80. The topological polar surface area (TPSA) is 66.4 Å². The molecular weight excluding hydrogens is 238 g/mol.